The SMILES string of the molecule is CC(C)C[C@H](CN)CC(=O)OCCC#N. The molecule has 0 saturated heterocycles. The highest BCUT2D eigenvalue weighted by Crippen LogP contribution is 2.14. The Morgan fingerprint density at radius 3 is 2.67 bits per heavy atom. The van der Waals surface area contributed by atoms with E-state index in [9.17, 15) is 4.79 Å². The van der Waals surface area contributed by atoms with E-state index in [1.807, 2.05) is 6.07 Å². The fraction of sp³-hybridized carbons (Fsp3) is 0.818. The zero-order valence-corrected chi connectivity index (χ0v) is 9.53. The van der Waals surface area contributed by atoms with Gasteiger partial charge in [-0.2, -0.15) is 5.26 Å². The van der Waals surface area contributed by atoms with Gasteiger partial charge in [-0.05, 0) is 24.8 Å². The van der Waals surface area contributed by atoms with Gasteiger partial charge in [-0.25, -0.2) is 0 Å². The smallest absolute Gasteiger partial charge is 0.306 e. The molecular weight excluding hydrogens is 192 g/mol. The van der Waals surface area contributed by atoms with E-state index >= 15 is 0 Å². The number of carbonyl (C=O) groups is 1. The minimum Gasteiger partial charge on any atom is -0.465 e. The van der Waals surface area contributed by atoms with E-state index in [4.69, 9.17) is 15.7 Å². The van der Waals surface area contributed by atoms with Gasteiger partial charge in [0.05, 0.1) is 12.5 Å². The summed E-state index contributed by atoms with van der Waals surface area (Å²) in [4.78, 5) is 11.3. The summed E-state index contributed by atoms with van der Waals surface area (Å²) in [7, 11) is 0. The van der Waals surface area contributed by atoms with Crippen molar-refractivity contribution in [3.8, 4) is 6.07 Å². The molecule has 0 aromatic carbocycles. The van der Waals surface area contributed by atoms with E-state index in [0.717, 1.165) is 6.42 Å². The predicted molar refractivity (Wildman–Crippen MR) is 57.8 cm³/mol. The summed E-state index contributed by atoms with van der Waals surface area (Å²) in [5, 5.41) is 8.26. The third kappa shape index (κ3) is 7.95. The van der Waals surface area contributed by atoms with Crippen molar-refractivity contribution in [1.82, 2.24) is 0 Å². The maximum absolute atomic E-state index is 11.3. The minimum absolute atomic E-state index is 0.189. The molecule has 1 atom stereocenters. The van der Waals surface area contributed by atoms with Crippen molar-refractivity contribution in [2.75, 3.05) is 13.2 Å². The van der Waals surface area contributed by atoms with Crippen LogP contribution in [0.2, 0.25) is 0 Å². The number of nitrogens with zero attached hydrogens (tertiary/aromatic N) is 1. The van der Waals surface area contributed by atoms with Crippen LogP contribution in [-0.2, 0) is 9.53 Å². The molecule has 2 N–H and O–H groups in total. The van der Waals surface area contributed by atoms with Gasteiger partial charge in [-0.3, -0.25) is 4.79 Å². The molecule has 0 aliphatic rings. The predicted octanol–water partition coefficient (Wildman–Crippen LogP) is 1.45. The molecule has 0 aliphatic carbocycles. The molecule has 0 aromatic rings. The highest BCUT2D eigenvalue weighted by molar-refractivity contribution is 5.69. The molecule has 0 bridgehead atoms. The van der Waals surface area contributed by atoms with E-state index in [1.54, 1.807) is 0 Å². The molecule has 0 aromatic heterocycles. The Kier molecular flexibility index (Phi) is 7.65. The van der Waals surface area contributed by atoms with Gasteiger partial charge in [0, 0.05) is 6.42 Å². The van der Waals surface area contributed by atoms with Crippen LogP contribution in [0.5, 0.6) is 0 Å². The number of rotatable bonds is 7. The van der Waals surface area contributed by atoms with Gasteiger partial charge in [-0.15, -0.1) is 0 Å². The second-order valence-corrected chi connectivity index (χ2v) is 4.06. The lowest BCUT2D eigenvalue weighted by Crippen LogP contribution is -2.21. The standard InChI is InChI=1S/C11H20N2O2/c1-9(2)6-10(8-13)7-11(14)15-5-3-4-12/h9-10H,3,5-8,13H2,1-2H3/t10-/m0/s1. The van der Waals surface area contributed by atoms with Gasteiger partial charge in [0.1, 0.15) is 6.61 Å². The number of carbonyl (C=O) groups excluding carboxylic acids is 1. The van der Waals surface area contributed by atoms with E-state index < -0.39 is 0 Å². The fourth-order valence-corrected chi connectivity index (χ4v) is 1.43. The lowest BCUT2D eigenvalue weighted by atomic mass is 9.94. The summed E-state index contributed by atoms with van der Waals surface area (Å²) in [5.74, 6) is 0.478. The molecule has 0 aliphatic heterocycles. The van der Waals surface area contributed by atoms with Gasteiger partial charge in [-0.1, -0.05) is 13.8 Å². The number of ether oxygens (including phenoxy) is 1. The first-order valence-electron chi connectivity index (χ1n) is 5.32. The third-order valence-electron chi connectivity index (χ3n) is 2.07. The van der Waals surface area contributed by atoms with Gasteiger partial charge >= 0.3 is 5.97 Å². The quantitative estimate of drug-likeness (QED) is 0.512. The Balaban J connectivity index is 3.76. The average molecular weight is 212 g/mol. The molecule has 0 rings (SSSR count). The maximum atomic E-state index is 11.3. The second-order valence-electron chi connectivity index (χ2n) is 4.06. The van der Waals surface area contributed by atoms with Crippen LogP contribution in [0, 0.1) is 23.2 Å². The monoisotopic (exact) mass is 212 g/mol. The molecule has 0 radical (unpaired) electrons. The molecule has 0 unspecified atom stereocenters. The Morgan fingerprint density at radius 1 is 1.53 bits per heavy atom. The summed E-state index contributed by atoms with van der Waals surface area (Å²) >= 11 is 0. The molecule has 0 heterocycles. The summed E-state index contributed by atoms with van der Waals surface area (Å²) < 4.78 is 4.88. The zero-order valence-electron chi connectivity index (χ0n) is 9.53. The molecule has 4 nitrogen and oxygen atoms in total. The minimum atomic E-state index is -0.249. The van der Waals surface area contributed by atoms with Gasteiger partial charge < -0.3 is 10.5 Å². The third-order valence-corrected chi connectivity index (χ3v) is 2.07. The van der Waals surface area contributed by atoms with E-state index in [2.05, 4.69) is 13.8 Å². The molecule has 4 heteroatoms. The van der Waals surface area contributed by atoms with E-state index in [0.29, 0.717) is 18.9 Å². The van der Waals surface area contributed by atoms with Gasteiger partial charge in [0.15, 0.2) is 0 Å². The summed E-state index contributed by atoms with van der Waals surface area (Å²) in [6.45, 7) is 4.90. The van der Waals surface area contributed by atoms with Crippen molar-refractivity contribution >= 4 is 5.97 Å². The summed E-state index contributed by atoms with van der Waals surface area (Å²) in [6, 6.07) is 1.92. The van der Waals surface area contributed by atoms with Crippen LogP contribution in [0.25, 0.3) is 0 Å². The number of nitriles is 1. The van der Waals surface area contributed by atoms with Crippen LogP contribution in [0.15, 0.2) is 0 Å². The Morgan fingerprint density at radius 2 is 2.20 bits per heavy atom. The van der Waals surface area contributed by atoms with E-state index in [-0.39, 0.29) is 24.9 Å². The first-order valence-corrected chi connectivity index (χ1v) is 5.32. The molecule has 0 saturated carbocycles. The molecule has 0 spiro atoms. The van der Waals surface area contributed by atoms with Gasteiger partial charge in [0.25, 0.3) is 0 Å². The number of esters is 1. The van der Waals surface area contributed by atoms with Crippen LogP contribution in [0.3, 0.4) is 0 Å². The van der Waals surface area contributed by atoms with Crippen LogP contribution >= 0.6 is 0 Å². The Hall–Kier alpha value is -1.08. The van der Waals surface area contributed by atoms with Crippen molar-refractivity contribution in [3.63, 3.8) is 0 Å². The lowest BCUT2D eigenvalue weighted by molar-refractivity contribution is -0.144. The average Bonchev–Trinajstić information content (AvgIpc) is 2.16. The lowest BCUT2D eigenvalue weighted by Gasteiger charge is -2.15. The first kappa shape index (κ1) is 13.9. The molecular formula is C11H20N2O2. The normalized spacial score (nSPS) is 12.2. The Labute approximate surface area is 91.4 Å². The van der Waals surface area contributed by atoms with E-state index in [1.165, 1.54) is 0 Å². The second kappa shape index (κ2) is 8.25. The van der Waals surface area contributed by atoms with Crippen LogP contribution in [0.1, 0.15) is 33.1 Å². The fourth-order valence-electron chi connectivity index (χ4n) is 1.43. The number of hydrogen-bond donors (Lipinski definition) is 1. The number of nitrogens with two attached hydrogens (primary N) is 1. The van der Waals surface area contributed by atoms with Crippen molar-refractivity contribution in [1.29, 1.82) is 5.26 Å². The van der Waals surface area contributed by atoms with Crippen LogP contribution in [-0.4, -0.2) is 19.1 Å². The highest BCUT2D eigenvalue weighted by atomic mass is 16.5. The summed E-state index contributed by atoms with van der Waals surface area (Å²) in [5.41, 5.74) is 5.56. The van der Waals surface area contributed by atoms with Crippen molar-refractivity contribution in [2.45, 2.75) is 33.1 Å². The van der Waals surface area contributed by atoms with Crippen LogP contribution < -0.4 is 5.73 Å². The molecule has 0 fully saturated rings. The highest BCUT2D eigenvalue weighted by Gasteiger charge is 2.14. The molecule has 86 valence electrons. The maximum Gasteiger partial charge on any atom is 0.306 e. The Bertz CT molecular complexity index is 221. The van der Waals surface area contributed by atoms with Gasteiger partial charge in [0.2, 0.25) is 0 Å². The van der Waals surface area contributed by atoms with Crippen molar-refractivity contribution in [2.24, 2.45) is 17.6 Å². The zero-order chi connectivity index (χ0) is 11.7. The van der Waals surface area contributed by atoms with Crippen molar-refractivity contribution in [3.05, 3.63) is 0 Å². The summed E-state index contributed by atoms with van der Waals surface area (Å²) in [6.07, 6.45) is 1.55. The topological polar surface area (TPSA) is 76.1 Å². The first-order chi connectivity index (χ1) is 7.10. The molecule has 0 amide bonds. The molecule has 15 heavy (non-hydrogen) atoms. The number of hydrogen-bond acceptors (Lipinski definition) is 4. The van der Waals surface area contributed by atoms with Crippen LogP contribution in [0.4, 0.5) is 0 Å². The van der Waals surface area contributed by atoms with Crippen molar-refractivity contribution < 1.29 is 9.53 Å². The largest absolute Gasteiger partial charge is 0.465 e.